The smallest absolute Gasteiger partial charge is 0.229 e. The van der Waals surface area contributed by atoms with Crippen molar-refractivity contribution in [2.45, 2.75) is 25.6 Å². The van der Waals surface area contributed by atoms with Gasteiger partial charge in [0.1, 0.15) is 12.0 Å². The first kappa shape index (κ1) is 19.1. The molecule has 0 unspecified atom stereocenters. The Bertz CT molecular complexity index is 969. The van der Waals surface area contributed by atoms with Gasteiger partial charge in [-0.3, -0.25) is 9.48 Å². The zero-order valence-corrected chi connectivity index (χ0v) is 15.9. The second kappa shape index (κ2) is 8.43. The van der Waals surface area contributed by atoms with Gasteiger partial charge in [0.25, 0.3) is 0 Å². The summed E-state index contributed by atoms with van der Waals surface area (Å²) in [7, 11) is 0. The number of anilines is 2. The largest absolute Gasteiger partial charge is 0.369 e. The number of nitrogens with one attached hydrogen (secondary N) is 1. The number of hydrogen-bond acceptors (Lipinski definition) is 3. The lowest BCUT2D eigenvalue weighted by atomic mass is 10.1. The number of rotatable bonds is 6. The van der Waals surface area contributed by atoms with Crippen LogP contribution in [-0.4, -0.2) is 34.9 Å². The van der Waals surface area contributed by atoms with E-state index >= 15 is 0 Å². The van der Waals surface area contributed by atoms with Crippen molar-refractivity contribution < 1.29 is 13.6 Å². The SMILES string of the molecule is O=C(Cc1ccc(N2CC[C@H](F)C2)cc1)Nc1ccn(Cc2ccc(F)cc2)n1. The van der Waals surface area contributed by atoms with Crippen LogP contribution in [0.15, 0.2) is 60.8 Å². The summed E-state index contributed by atoms with van der Waals surface area (Å²) in [6, 6.07) is 15.6. The van der Waals surface area contributed by atoms with Crippen molar-refractivity contribution in [2.24, 2.45) is 0 Å². The van der Waals surface area contributed by atoms with Gasteiger partial charge in [-0.1, -0.05) is 24.3 Å². The molecule has 0 spiro atoms. The molecule has 150 valence electrons. The maximum Gasteiger partial charge on any atom is 0.229 e. The van der Waals surface area contributed by atoms with Crippen molar-refractivity contribution in [3.63, 3.8) is 0 Å². The molecular weight excluding hydrogens is 374 g/mol. The molecule has 1 fully saturated rings. The minimum atomic E-state index is -0.761. The molecule has 1 atom stereocenters. The zero-order chi connectivity index (χ0) is 20.2. The molecule has 4 rings (SSSR count). The van der Waals surface area contributed by atoms with Gasteiger partial charge < -0.3 is 10.2 Å². The topological polar surface area (TPSA) is 50.2 Å². The van der Waals surface area contributed by atoms with Crippen LogP contribution in [0.1, 0.15) is 17.5 Å². The van der Waals surface area contributed by atoms with Crippen LogP contribution in [0.25, 0.3) is 0 Å². The summed E-state index contributed by atoms with van der Waals surface area (Å²) in [5, 5.41) is 7.12. The van der Waals surface area contributed by atoms with Crippen LogP contribution in [0.2, 0.25) is 0 Å². The van der Waals surface area contributed by atoms with E-state index in [1.54, 1.807) is 29.1 Å². The van der Waals surface area contributed by atoms with Gasteiger partial charge in [0.15, 0.2) is 5.82 Å². The van der Waals surface area contributed by atoms with E-state index in [-0.39, 0.29) is 18.1 Å². The van der Waals surface area contributed by atoms with Gasteiger partial charge in [0, 0.05) is 31.0 Å². The van der Waals surface area contributed by atoms with Crippen molar-refractivity contribution in [3.05, 3.63) is 77.7 Å². The Morgan fingerprint density at radius 2 is 1.79 bits per heavy atom. The average Bonchev–Trinajstić information content (AvgIpc) is 3.33. The zero-order valence-electron chi connectivity index (χ0n) is 15.9. The predicted molar refractivity (Wildman–Crippen MR) is 108 cm³/mol. The number of amides is 1. The van der Waals surface area contributed by atoms with Crippen LogP contribution < -0.4 is 10.2 Å². The Morgan fingerprint density at radius 1 is 1.07 bits per heavy atom. The number of nitrogens with zero attached hydrogens (tertiary/aromatic N) is 3. The van der Waals surface area contributed by atoms with Gasteiger partial charge in [-0.05, 0) is 41.8 Å². The molecule has 3 aromatic rings. The molecule has 29 heavy (non-hydrogen) atoms. The van der Waals surface area contributed by atoms with Gasteiger partial charge >= 0.3 is 0 Å². The summed E-state index contributed by atoms with van der Waals surface area (Å²) < 4.78 is 28.0. The Kier molecular flexibility index (Phi) is 5.55. The van der Waals surface area contributed by atoms with Crippen LogP contribution in [0.3, 0.4) is 0 Å². The minimum Gasteiger partial charge on any atom is -0.369 e. The summed E-state index contributed by atoms with van der Waals surface area (Å²) in [6.45, 7) is 1.65. The molecule has 2 aromatic carbocycles. The Labute approximate surface area is 168 Å². The summed E-state index contributed by atoms with van der Waals surface area (Å²) >= 11 is 0. The summed E-state index contributed by atoms with van der Waals surface area (Å²) in [4.78, 5) is 14.3. The number of carbonyl (C=O) groups is 1. The van der Waals surface area contributed by atoms with E-state index in [0.717, 1.165) is 23.4 Å². The highest BCUT2D eigenvalue weighted by Gasteiger charge is 2.21. The predicted octanol–water partition coefficient (Wildman–Crippen LogP) is 3.80. The van der Waals surface area contributed by atoms with Crippen molar-refractivity contribution in [2.75, 3.05) is 23.3 Å². The van der Waals surface area contributed by atoms with Crippen molar-refractivity contribution >= 4 is 17.4 Å². The van der Waals surface area contributed by atoms with Crippen molar-refractivity contribution in [1.29, 1.82) is 0 Å². The van der Waals surface area contributed by atoms with E-state index in [9.17, 15) is 13.6 Å². The van der Waals surface area contributed by atoms with Crippen molar-refractivity contribution in [1.82, 2.24) is 9.78 Å². The molecule has 1 saturated heterocycles. The molecule has 0 saturated carbocycles. The fraction of sp³-hybridized carbons (Fsp3) is 0.273. The van der Waals surface area contributed by atoms with Gasteiger partial charge in [0.05, 0.1) is 13.0 Å². The number of hydrogen-bond donors (Lipinski definition) is 1. The lowest BCUT2D eigenvalue weighted by Crippen LogP contribution is -2.20. The molecule has 1 aliphatic heterocycles. The third-order valence-corrected chi connectivity index (χ3v) is 4.96. The highest BCUT2D eigenvalue weighted by Crippen LogP contribution is 2.22. The highest BCUT2D eigenvalue weighted by atomic mass is 19.1. The quantitative estimate of drug-likeness (QED) is 0.690. The molecule has 2 heterocycles. The Balaban J connectivity index is 1.30. The van der Waals surface area contributed by atoms with E-state index in [2.05, 4.69) is 10.4 Å². The van der Waals surface area contributed by atoms with E-state index in [4.69, 9.17) is 0 Å². The van der Waals surface area contributed by atoms with E-state index in [1.165, 1.54) is 12.1 Å². The summed E-state index contributed by atoms with van der Waals surface area (Å²) in [5.41, 5.74) is 2.78. The second-order valence-electron chi connectivity index (χ2n) is 7.25. The van der Waals surface area contributed by atoms with Crippen LogP contribution >= 0.6 is 0 Å². The minimum absolute atomic E-state index is 0.158. The van der Waals surface area contributed by atoms with Gasteiger partial charge in [-0.25, -0.2) is 8.78 Å². The lowest BCUT2D eigenvalue weighted by molar-refractivity contribution is -0.115. The number of aromatic nitrogens is 2. The van der Waals surface area contributed by atoms with Crippen LogP contribution in [-0.2, 0) is 17.8 Å². The normalized spacial score (nSPS) is 16.2. The maximum absolute atomic E-state index is 13.3. The van der Waals surface area contributed by atoms with E-state index in [0.29, 0.717) is 25.3 Å². The van der Waals surface area contributed by atoms with Gasteiger partial charge in [-0.15, -0.1) is 0 Å². The van der Waals surface area contributed by atoms with Crippen molar-refractivity contribution in [3.8, 4) is 0 Å². The fourth-order valence-corrected chi connectivity index (χ4v) is 3.44. The van der Waals surface area contributed by atoms with Crippen LogP contribution in [0.4, 0.5) is 20.3 Å². The molecule has 0 radical (unpaired) electrons. The Morgan fingerprint density at radius 3 is 2.48 bits per heavy atom. The maximum atomic E-state index is 13.3. The third kappa shape index (κ3) is 4.99. The summed E-state index contributed by atoms with van der Waals surface area (Å²) in [5.74, 6) is 0.0387. The molecule has 1 N–H and O–H groups in total. The first-order valence-electron chi connectivity index (χ1n) is 9.61. The highest BCUT2D eigenvalue weighted by molar-refractivity contribution is 5.91. The van der Waals surface area contributed by atoms with Crippen LogP contribution in [0, 0.1) is 5.82 Å². The first-order valence-corrected chi connectivity index (χ1v) is 9.61. The number of carbonyl (C=O) groups excluding carboxylic acids is 1. The lowest BCUT2D eigenvalue weighted by Gasteiger charge is -2.17. The molecule has 0 aliphatic carbocycles. The second-order valence-corrected chi connectivity index (χ2v) is 7.25. The Hall–Kier alpha value is -3.22. The summed E-state index contributed by atoms with van der Waals surface area (Å²) in [6.07, 6.45) is 1.81. The molecule has 5 nitrogen and oxygen atoms in total. The van der Waals surface area contributed by atoms with Crippen LogP contribution in [0.5, 0.6) is 0 Å². The standard InChI is InChI=1S/C22H22F2N4O/c23-18-5-1-17(2-6-18)14-28-12-10-21(26-28)25-22(29)13-16-3-7-20(8-4-16)27-11-9-19(24)15-27/h1-8,10,12,19H,9,11,13-15H2,(H,25,26,29)/t19-/m0/s1. The van der Waals surface area contributed by atoms with E-state index in [1.807, 2.05) is 29.2 Å². The number of halogens is 2. The van der Waals surface area contributed by atoms with Gasteiger partial charge in [0.2, 0.25) is 5.91 Å². The first-order chi connectivity index (χ1) is 14.0. The molecule has 1 aromatic heterocycles. The average molecular weight is 396 g/mol. The van der Waals surface area contributed by atoms with E-state index < -0.39 is 6.17 Å². The molecule has 1 aliphatic rings. The fourth-order valence-electron chi connectivity index (χ4n) is 3.44. The number of alkyl halides is 1. The third-order valence-electron chi connectivity index (χ3n) is 4.96. The monoisotopic (exact) mass is 396 g/mol. The number of benzene rings is 2. The molecular formula is C22H22F2N4O. The van der Waals surface area contributed by atoms with Gasteiger partial charge in [-0.2, -0.15) is 5.10 Å². The molecule has 0 bridgehead atoms. The molecule has 1 amide bonds. The molecule has 7 heteroatoms.